The molecule has 0 saturated carbocycles. The molecule has 50 heavy (non-hydrogen) atoms. The minimum Gasteiger partial charge on any atom is -0.282 e. The van der Waals surface area contributed by atoms with Crippen molar-refractivity contribution in [1.29, 1.82) is 0 Å². The lowest BCUT2D eigenvalue weighted by molar-refractivity contribution is 0.481. The maximum absolute atomic E-state index is 12.6. The van der Waals surface area contributed by atoms with Crippen molar-refractivity contribution in [2.45, 2.75) is 237 Å². The first-order valence-electron chi connectivity index (χ1n) is 22.0. The van der Waals surface area contributed by atoms with Gasteiger partial charge in [0.1, 0.15) is 0 Å². The number of hydrogen-bond donors (Lipinski definition) is 1. The smallest absolute Gasteiger partial charge is 0.282 e. The number of hydrogen-bond acceptors (Lipinski definition) is 2. The van der Waals surface area contributed by atoms with Gasteiger partial charge in [-0.25, -0.2) is 0 Å². The summed E-state index contributed by atoms with van der Waals surface area (Å²) in [7, 11) is -4.28. The van der Waals surface area contributed by atoms with E-state index < -0.39 is 10.1 Å². The van der Waals surface area contributed by atoms with Crippen LogP contribution in [0.3, 0.4) is 0 Å². The lowest BCUT2D eigenvalue weighted by atomic mass is 9.93. The van der Waals surface area contributed by atoms with E-state index in [9.17, 15) is 13.0 Å². The van der Waals surface area contributed by atoms with Crippen LogP contribution in [-0.2, 0) is 23.0 Å². The Morgan fingerprint density at radius 3 is 1.06 bits per heavy atom. The van der Waals surface area contributed by atoms with Crippen LogP contribution in [0.5, 0.6) is 0 Å². The lowest BCUT2D eigenvalue weighted by Crippen LogP contribution is -2.06. The second-order valence-electron chi connectivity index (χ2n) is 15.6. The molecule has 1 N–H and O–H groups in total. The van der Waals surface area contributed by atoms with Crippen molar-refractivity contribution >= 4 is 20.9 Å². The van der Waals surface area contributed by atoms with Crippen LogP contribution in [-0.4, -0.2) is 13.0 Å². The van der Waals surface area contributed by atoms with Gasteiger partial charge in [0.05, 0.1) is 4.90 Å². The Hall–Kier alpha value is -1.39. The van der Waals surface area contributed by atoms with E-state index in [0.717, 1.165) is 47.6 Å². The molecule has 2 aromatic carbocycles. The lowest BCUT2D eigenvalue weighted by Gasteiger charge is -2.16. The van der Waals surface area contributed by atoms with Crippen LogP contribution >= 0.6 is 0 Å². The molecule has 0 heterocycles. The fourth-order valence-corrected chi connectivity index (χ4v) is 8.70. The molecule has 0 atom stereocenters. The van der Waals surface area contributed by atoms with E-state index in [1.54, 1.807) is 6.07 Å². The van der Waals surface area contributed by atoms with Gasteiger partial charge in [-0.3, -0.25) is 4.55 Å². The van der Waals surface area contributed by atoms with Gasteiger partial charge in [-0.05, 0) is 53.6 Å². The summed E-state index contributed by atoms with van der Waals surface area (Å²) in [5.41, 5.74) is 1.87. The van der Waals surface area contributed by atoms with Crippen LogP contribution in [0.4, 0.5) is 0 Å². The Bertz CT molecular complexity index is 1190. The van der Waals surface area contributed by atoms with Gasteiger partial charge in [0.25, 0.3) is 10.1 Å². The van der Waals surface area contributed by atoms with Crippen LogP contribution in [0, 0.1) is 0 Å². The number of rotatable bonds is 35. The molecule has 288 valence electrons. The SMILES string of the molecule is CCCCCCCCCCCCCCCCCCc1cc(S(=O)(=O)O)c(CCCCCCCCCCCCCCCCCC)c2ccccc12. The molecule has 0 bridgehead atoms. The van der Waals surface area contributed by atoms with Gasteiger partial charge in [-0.1, -0.05) is 231 Å². The van der Waals surface area contributed by atoms with Gasteiger partial charge < -0.3 is 0 Å². The Balaban J connectivity index is 1.64. The van der Waals surface area contributed by atoms with Gasteiger partial charge in [0, 0.05) is 0 Å². The Labute approximate surface area is 311 Å². The largest absolute Gasteiger partial charge is 0.294 e. The van der Waals surface area contributed by atoms with Crippen LogP contribution in [0.2, 0.25) is 0 Å². The van der Waals surface area contributed by atoms with Crippen LogP contribution in [0.15, 0.2) is 35.2 Å². The van der Waals surface area contributed by atoms with Crippen molar-refractivity contribution in [3.8, 4) is 0 Å². The minimum atomic E-state index is -4.28. The molecule has 4 heteroatoms. The molecule has 0 aliphatic heterocycles. The quantitative estimate of drug-likeness (QED) is 0.0572. The monoisotopic (exact) mass is 713 g/mol. The predicted octanol–water partition coefficient (Wildman–Crippen LogP) is 15.7. The standard InChI is InChI=1S/C46H80O3S/c1-3-5-7-9-11-13-15-17-19-21-23-25-27-29-31-33-37-42-41-46(50(47,48)49)45(44-39-36-35-38-43(42)44)40-34-32-30-28-26-24-22-20-18-16-14-12-10-8-6-4-2/h35-36,38-39,41H,3-34,37,40H2,1-2H3,(H,47,48,49). The molecular weight excluding hydrogens is 633 g/mol. The number of aryl methyl sites for hydroxylation is 2. The Kier molecular flexibility index (Phi) is 27.0. The molecule has 0 amide bonds. The molecule has 2 rings (SSSR count). The average molecular weight is 713 g/mol. The maximum atomic E-state index is 12.6. The summed E-state index contributed by atoms with van der Waals surface area (Å²) in [6.45, 7) is 4.57. The first kappa shape index (κ1) is 44.8. The third kappa shape index (κ3) is 21.2. The summed E-state index contributed by atoms with van der Waals surface area (Å²) in [5.74, 6) is 0. The first-order chi connectivity index (χ1) is 24.5. The highest BCUT2D eigenvalue weighted by atomic mass is 32.2. The summed E-state index contributed by atoms with van der Waals surface area (Å²) >= 11 is 0. The van der Waals surface area contributed by atoms with Crippen molar-refractivity contribution in [1.82, 2.24) is 0 Å². The van der Waals surface area contributed by atoms with E-state index >= 15 is 0 Å². The molecule has 0 saturated heterocycles. The number of unbranched alkanes of at least 4 members (excludes halogenated alkanes) is 30. The van der Waals surface area contributed by atoms with Gasteiger partial charge in [0.15, 0.2) is 0 Å². The van der Waals surface area contributed by atoms with Gasteiger partial charge in [0.2, 0.25) is 0 Å². The van der Waals surface area contributed by atoms with Gasteiger partial charge >= 0.3 is 0 Å². The Morgan fingerprint density at radius 1 is 0.420 bits per heavy atom. The fourth-order valence-electron chi connectivity index (χ4n) is 7.89. The van der Waals surface area contributed by atoms with Crippen molar-refractivity contribution in [2.75, 3.05) is 0 Å². The zero-order valence-electron chi connectivity index (χ0n) is 33.1. The van der Waals surface area contributed by atoms with E-state index in [2.05, 4.69) is 32.0 Å². The number of fused-ring (bicyclic) bond motifs is 1. The van der Waals surface area contributed by atoms with Crippen molar-refractivity contribution in [3.63, 3.8) is 0 Å². The molecule has 0 aromatic heterocycles. The first-order valence-corrected chi connectivity index (χ1v) is 23.4. The zero-order valence-corrected chi connectivity index (χ0v) is 33.9. The van der Waals surface area contributed by atoms with Crippen molar-refractivity contribution in [3.05, 3.63) is 41.5 Å². The van der Waals surface area contributed by atoms with Crippen LogP contribution in [0.25, 0.3) is 10.8 Å². The van der Waals surface area contributed by atoms with E-state index in [1.807, 2.05) is 6.07 Å². The molecule has 0 fully saturated rings. The van der Waals surface area contributed by atoms with Crippen molar-refractivity contribution < 1.29 is 13.0 Å². The van der Waals surface area contributed by atoms with E-state index in [-0.39, 0.29) is 4.90 Å². The zero-order chi connectivity index (χ0) is 36.0. The molecule has 3 nitrogen and oxygen atoms in total. The maximum Gasteiger partial charge on any atom is 0.294 e. The average Bonchev–Trinajstić information content (AvgIpc) is 3.11. The predicted molar refractivity (Wildman–Crippen MR) is 220 cm³/mol. The molecule has 0 aliphatic rings. The molecule has 0 unspecified atom stereocenters. The molecule has 0 spiro atoms. The summed E-state index contributed by atoms with van der Waals surface area (Å²) < 4.78 is 35.5. The van der Waals surface area contributed by atoms with Crippen LogP contribution < -0.4 is 0 Å². The minimum absolute atomic E-state index is 0.142. The molecule has 0 radical (unpaired) electrons. The second-order valence-corrected chi connectivity index (χ2v) is 17.0. The summed E-state index contributed by atoms with van der Waals surface area (Å²) in [6.07, 6.45) is 44.2. The fraction of sp³-hybridized carbons (Fsp3) is 0.783. The Morgan fingerprint density at radius 2 is 0.720 bits per heavy atom. The van der Waals surface area contributed by atoms with Crippen LogP contribution in [0.1, 0.15) is 230 Å². The highest BCUT2D eigenvalue weighted by Crippen LogP contribution is 2.32. The summed E-state index contributed by atoms with van der Waals surface area (Å²) in [4.78, 5) is 0.142. The molecule has 0 aliphatic carbocycles. The van der Waals surface area contributed by atoms with E-state index in [1.165, 1.54) is 186 Å². The van der Waals surface area contributed by atoms with Gasteiger partial charge in [-0.2, -0.15) is 8.42 Å². The van der Waals surface area contributed by atoms with Crippen molar-refractivity contribution in [2.24, 2.45) is 0 Å². The normalized spacial score (nSPS) is 12.0. The third-order valence-corrected chi connectivity index (χ3v) is 12.0. The third-order valence-electron chi connectivity index (χ3n) is 11.1. The molecular formula is C46H80O3S. The van der Waals surface area contributed by atoms with Gasteiger partial charge in [-0.15, -0.1) is 0 Å². The topological polar surface area (TPSA) is 54.4 Å². The second kappa shape index (κ2) is 30.1. The highest BCUT2D eigenvalue weighted by molar-refractivity contribution is 7.85. The summed E-state index contributed by atoms with van der Waals surface area (Å²) in [5, 5.41) is 2.17. The van der Waals surface area contributed by atoms with E-state index in [0.29, 0.717) is 6.42 Å². The molecule has 2 aromatic rings. The van der Waals surface area contributed by atoms with E-state index in [4.69, 9.17) is 0 Å². The number of benzene rings is 2. The summed E-state index contributed by atoms with van der Waals surface area (Å²) in [6, 6.07) is 10.1. The highest BCUT2D eigenvalue weighted by Gasteiger charge is 2.20.